The van der Waals surface area contributed by atoms with E-state index in [0.717, 1.165) is 28.7 Å². The van der Waals surface area contributed by atoms with Gasteiger partial charge in [-0.25, -0.2) is 5.48 Å². The van der Waals surface area contributed by atoms with Crippen LogP contribution in [0.5, 0.6) is 0 Å². The maximum absolute atomic E-state index is 13.6. The van der Waals surface area contributed by atoms with Gasteiger partial charge in [0.2, 0.25) is 5.91 Å². The van der Waals surface area contributed by atoms with Gasteiger partial charge in [0.15, 0.2) is 5.78 Å². The Balaban J connectivity index is 1.56. The molecule has 0 radical (unpaired) electrons. The third-order valence-corrected chi connectivity index (χ3v) is 6.77. The van der Waals surface area contributed by atoms with Crippen LogP contribution in [-0.4, -0.2) is 46.1 Å². The smallest absolute Gasteiger partial charge is 0.268 e. The fraction of sp³-hybridized carbons (Fsp3) is 0.276. The summed E-state index contributed by atoms with van der Waals surface area (Å²) >= 11 is 0. The minimum absolute atomic E-state index is 0.182. The Morgan fingerprint density at radius 1 is 0.973 bits per heavy atom. The van der Waals surface area contributed by atoms with Crippen LogP contribution in [-0.2, 0) is 22.4 Å². The van der Waals surface area contributed by atoms with Crippen molar-refractivity contribution in [3.8, 4) is 11.1 Å². The lowest BCUT2D eigenvalue weighted by Gasteiger charge is -2.33. The lowest BCUT2D eigenvalue weighted by molar-refractivity contribution is -0.138. The fourth-order valence-electron chi connectivity index (χ4n) is 4.61. The van der Waals surface area contributed by atoms with Crippen LogP contribution in [0.1, 0.15) is 46.9 Å². The Bertz CT molecular complexity index is 1270. The number of hydrogen-bond acceptors (Lipinski definition) is 6. The van der Waals surface area contributed by atoms with Crippen LogP contribution < -0.4 is 16.1 Å². The summed E-state index contributed by atoms with van der Waals surface area (Å²) in [5.74, 6) is -1.68. The van der Waals surface area contributed by atoms with Crippen molar-refractivity contribution in [1.82, 2.24) is 16.1 Å². The highest BCUT2D eigenvalue weighted by atomic mass is 16.5. The highest BCUT2D eigenvalue weighted by molar-refractivity contribution is 6.02. The Labute approximate surface area is 215 Å². The summed E-state index contributed by atoms with van der Waals surface area (Å²) in [6, 6.07) is 20.2. The molecule has 4 atom stereocenters. The third kappa shape index (κ3) is 5.77. The highest BCUT2D eigenvalue weighted by Crippen LogP contribution is 2.29. The maximum atomic E-state index is 13.6. The van der Waals surface area contributed by atoms with Gasteiger partial charge in [-0.2, -0.15) is 0 Å². The molecular weight excluding hydrogens is 470 g/mol. The van der Waals surface area contributed by atoms with Gasteiger partial charge >= 0.3 is 0 Å². The molecule has 0 aromatic heterocycles. The summed E-state index contributed by atoms with van der Waals surface area (Å²) in [6.07, 6.45) is 0.0314. The third-order valence-electron chi connectivity index (χ3n) is 6.77. The van der Waals surface area contributed by atoms with E-state index in [1.807, 2.05) is 36.4 Å². The zero-order chi connectivity index (χ0) is 26.5. The molecule has 37 heavy (non-hydrogen) atoms. The van der Waals surface area contributed by atoms with E-state index in [4.69, 9.17) is 5.21 Å². The van der Waals surface area contributed by atoms with Crippen LogP contribution in [0.3, 0.4) is 0 Å². The zero-order valence-electron chi connectivity index (χ0n) is 20.8. The van der Waals surface area contributed by atoms with E-state index < -0.39 is 36.0 Å². The summed E-state index contributed by atoms with van der Waals surface area (Å²) in [7, 11) is 0. The van der Waals surface area contributed by atoms with Gasteiger partial charge in [-0.15, -0.1) is 0 Å². The van der Waals surface area contributed by atoms with Crippen molar-refractivity contribution < 1.29 is 24.7 Å². The van der Waals surface area contributed by atoms with Crippen molar-refractivity contribution in [3.05, 3.63) is 95.1 Å². The first-order chi connectivity index (χ1) is 17.8. The van der Waals surface area contributed by atoms with Crippen LogP contribution in [0.4, 0.5) is 0 Å². The van der Waals surface area contributed by atoms with E-state index in [-0.39, 0.29) is 5.78 Å². The van der Waals surface area contributed by atoms with Crippen LogP contribution in [0.25, 0.3) is 11.1 Å². The molecule has 1 heterocycles. The quantitative estimate of drug-likeness (QED) is 0.184. The molecule has 0 saturated heterocycles. The van der Waals surface area contributed by atoms with Crippen molar-refractivity contribution >= 4 is 17.6 Å². The average molecular weight is 502 g/mol. The highest BCUT2D eigenvalue weighted by Gasteiger charge is 2.36. The Morgan fingerprint density at radius 3 is 2.19 bits per heavy atom. The van der Waals surface area contributed by atoms with Crippen molar-refractivity contribution in [1.29, 1.82) is 0 Å². The average Bonchev–Trinajstić information content (AvgIpc) is 2.94. The number of aliphatic hydroxyl groups excluding tert-OH is 1. The minimum Gasteiger partial charge on any atom is -0.391 e. The first kappa shape index (κ1) is 26.2. The molecule has 0 aliphatic carbocycles. The van der Waals surface area contributed by atoms with Gasteiger partial charge < -0.3 is 10.4 Å². The van der Waals surface area contributed by atoms with Gasteiger partial charge in [0.25, 0.3) is 5.91 Å². The number of nitrogens with one attached hydrogen (secondary N) is 3. The minimum atomic E-state index is -1.34. The van der Waals surface area contributed by atoms with Gasteiger partial charge in [0.05, 0.1) is 18.2 Å². The van der Waals surface area contributed by atoms with Crippen LogP contribution in [0.15, 0.2) is 72.8 Å². The topological polar surface area (TPSA) is 128 Å². The molecule has 192 valence electrons. The van der Waals surface area contributed by atoms with Crippen molar-refractivity contribution in [2.75, 3.05) is 0 Å². The maximum Gasteiger partial charge on any atom is 0.268 e. The van der Waals surface area contributed by atoms with E-state index in [1.54, 1.807) is 12.1 Å². The number of Topliss-reactive ketones (excluding diaryl/α,β-unsaturated/α-hetero) is 1. The number of benzene rings is 3. The molecule has 4 rings (SSSR count). The standard InChI is InChI=1S/C29H31N3O5/c1-3-18-8-10-19(11-9-18)20-12-14-21(15-13-20)27(34)26-23-7-5-4-6-22(23)16-24(30-26)28(35)31-25(17(2)33)29(36)32-37/h4-15,17,24-26,30,33,37H,3,16H2,1-2H3,(H,31,35)(H,32,36)/t17-,24+,25+,26?/m1/s1. The van der Waals surface area contributed by atoms with Crippen LogP contribution >= 0.6 is 0 Å². The Kier molecular flexibility index (Phi) is 8.13. The summed E-state index contributed by atoms with van der Waals surface area (Å²) in [5, 5.41) is 24.4. The van der Waals surface area contributed by atoms with Crippen molar-refractivity contribution in [3.63, 3.8) is 0 Å². The van der Waals surface area contributed by atoms with Gasteiger partial charge in [-0.1, -0.05) is 79.7 Å². The number of carbonyl (C=O) groups excluding carboxylic acids is 3. The van der Waals surface area contributed by atoms with Gasteiger partial charge in [0, 0.05) is 5.56 Å². The number of ketones is 1. The second-order valence-corrected chi connectivity index (χ2v) is 9.25. The molecule has 3 aromatic carbocycles. The molecule has 0 spiro atoms. The molecule has 0 saturated carbocycles. The zero-order valence-corrected chi connectivity index (χ0v) is 20.8. The first-order valence-corrected chi connectivity index (χ1v) is 12.3. The van der Waals surface area contributed by atoms with Gasteiger partial charge in [0.1, 0.15) is 6.04 Å². The summed E-state index contributed by atoms with van der Waals surface area (Å²) < 4.78 is 0. The normalized spacial score (nSPS) is 18.3. The molecule has 0 bridgehead atoms. The molecule has 3 aromatic rings. The number of hydroxylamine groups is 1. The number of rotatable bonds is 8. The summed E-state index contributed by atoms with van der Waals surface area (Å²) in [6.45, 7) is 3.44. The van der Waals surface area contributed by atoms with Gasteiger partial charge in [-0.3, -0.25) is 24.9 Å². The molecular formula is C29H31N3O5. The predicted molar refractivity (Wildman–Crippen MR) is 139 cm³/mol. The molecule has 1 aliphatic rings. The largest absolute Gasteiger partial charge is 0.391 e. The first-order valence-electron chi connectivity index (χ1n) is 12.3. The van der Waals surface area contributed by atoms with E-state index in [2.05, 4.69) is 41.8 Å². The van der Waals surface area contributed by atoms with E-state index in [9.17, 15) is 19.5 Å². The SMILES string of the molecule is CCc1ccc(-c2ccc(C(=O)C3N[C@H](C(=O)N[C@H](C(=O)NO)[C@@H](C)O)Cc4ccccc43)cc2)cc1. The van der Waals surface area contributed by atoms with Crippen molar-refractivity contribution in [2.45, 2.75) is 50.9 Å². The Morgan fingerprint density at radius 2 is 1.59 bits per heavy atom. The number of aliphatic hydroxyl groups is 1. The number of hydrogen-bond donors (Lipinski definition) is 5. The second kappa shape index (κ2) is 11.5. The molecule has 8 heteroatoms. The molecule has 1 aliphatic heterocycles. The summed E-state index contributed by atoms with van der Waals surface area (Å²) in [5.41, 5.74) is 6.91. The number of fused-ring (bicyclic) bond motifs is 1. The number of carbonyl (C=O) groups is 3. The summed E-state index contributed by atoms with van der Waals surface area (Å²) in [4.78, 5) is 38.5. The lowest BCUT2D eigenvalue weighted by atomic mass is 9.86. The van der Waals surface area contributed by atoms with Crippen molar-refractivity contribution in [2.24, 2.45) is 0 Å². The molecule has 2 amide bonds. The molecule has 0 fully saturated rings. The molecule has 5 N–H and O–H groups in total. The van der Waals surface area contributed by atoms with E-state index in [1.165, 1.54) is 18.0 Å². The van der Waals surface area contributed by atoms with Crippen LogP contribution in [0, 0.1) is 0 Å². The van der Waals surface area contributed by atoms with Gasteiger partial charge in [-0.05, 0) is 47.6 Å². The lowest BCUT2D eigenvalue weighted by Crippen LogP contribution is -2.58. The predicted octanol–water partition coefficient (Wildman–Crippen LogP) is 2.73. The Hall–Kier alpha value is -3.85. The number of amides is 2. The van der Waals surface area contributed by atoms with E-state index >= 15 is 0 Å². The fourth-order valence-corrected chi connectivity index (χ4v) is 4.61. The second-order valence-electron chi connectivity index (χ2n) is 9.25. The van der Waals surface area contributed by atoms with E-state index in [0.29, 0.717) is 12.0 Å². The number of aryl methyl sites for hydroxylation is 1. The molecule has 1 unspecified atom stereocenters. The monoisotopic (exact) mass is 501 g/mol. The molecule has 8 nitrogen and oxygen atoms in total. The van der Waals surface area contributed by atoms with Crippen LogP contribution in [0.2, 0.25) is 0 Å².